The molecular weight excluding hydrogens is 562 g/mol. The van der Waals surface area contributed by atoms with Gasteiger partial charge in [-0.25, -0.2) is 13.6 Å². The molecule has 1 saturated carbocycles. The highest BCUT2D eigenvalue weighted by Gasteiger charge is 2.47. The fourth-order valence-corrected chi connectivity index (χ4v) is 7.83. The lowest BCUT2D eigenvalue weighted by molar-refractivity contribution is 0.0209. The third-order valence-corrected chi connectivity index (χ3v) is 10.2. The topological polar surface area (TPSA) is 66.8 Å². The summed E-state index contributed by atoms with van der Waals surface area (Å²) in [5.74, 6) is -0.366. The lowest BCUT2D eigenvalue weighted by Crippen LogP contribution is -2.56. The van der Waals surface area contributed by atoms with Crippen molar-refractivity contribution in [3.63, 3.8) is 0 Å². The molecule has 7 nitrogen and oxygen atoms in total. The molecule has 2 aliphatic carbocycles. The fourth-order valence-electron chi connectivity index (χ4n) is 7.83. The van der Waals surface area contributed by atoms with Crippen LogP contribution in [0, 0.1) is 23.0 Å². The van der Waals surface area contributed by atoms with Gasteiger partial charge >= 0.3 is 6.03 Å². The van der Waals surface area contributed by atoms with Crippen molar-refractivity contribution in [1.82, 2.24) is 19.7 Å². The summed E-state index contributed by atoms with van der Waals surface area (Å²) in [6.07, 6.45) is 11.8. The number of carbonyl (C=O) groups is 1. The Morgan fingerprint density at radius 1 is 1.11 bits per heavy atom. The molecule has 1 spiro atoms. The van der Waals surface area contributed by atoms with Crippen molar-refractivity contribution in [3.8, 4) is 0 Å². The van der Waals surface area contributed by atoms with Crippen LogP contribution in [0.3, 0.4) is 0 Å². The second-order valence-electron chi connectivity index (χ2n) is 12.6. The predicted octanol–water partition coefficient (Wildman–Crippen LogP) is 5.79. The number of piperidine rings is 2. The van der Waals surface area contributed by atoms with E-state index >= 15 is 0 Å². The molecule has 1 aromatic carbocycles. The van der Waals surface area contributed by atoms with Crippen LogP contribution in [0.4, 0.5) is 13.6 Å². The second kappa shape index (κ2) is 12.6. The molecule has 1 N–H and O–H groups in total. The zero-order valence-corrected chi connectivity index (χ0v) is 25.5. The molecule has 44 heavy (non-hydrogen) atoms. The summed E-state index contributed by atoms with van der Waals surface area (Å²) in [6, 6.07) is 6.81. The number of benzene rings is 1. The highest BCUT2D eigenvalue weighted by Crippen LogP contribution is 2.49. The van der Waals surface area contributed by atoms with Crippen molar-refractivity contribution < 1.29 is 18.3 Å². The van der Waals surface area contributed by atoms with Gasteiger partial charge in [-0.05, 0) is 86.4 Å². The van der Waals surface area contributed by atoms with E-state index in [0.717, 1.165) is 50.2 Å². The number of likely N-dealkylation sites (tertiary alicyclic amines) is 2. The first-order valence-corrected chi connectivity index (χ1v) is 15.7. The van der Waals surface area contributed by atoms with Gasteiger partial charge in [-0.15, -0.1) is 0 Å². The number of methoxy groups -OCH3 is 1. The number of nitrogens with zero attached hydrogens (tertiary/aromatic N) is 3. The number of rotatable bonds is 6. The Labute approximate surface area is 257 Å². The molecule has 0 bridgehead atoms. The maximum Gasteiger partial charge on any atom is 0.320 e. The standard InChI is InChI=1S/C35H40F2N4O3/c1-38-29-11-16-41(31(21-29)25-17-27(36)20-28(37)18-25)34(43)40-15-10-26(35(23-40)12-5-6-13-35)22-39-14-9-24(19-33(39)42)30-7-3-4-8-32(30)44-2/h4,8-9,14,17-20,26,29,31,38H,5-6,10-13,15-16,21-23H2,1-2H3/t26-,29+,31-/m0/s1. The number of carbonyl (C=O) groups excluding carboxylic acids is 1. The van der Waals surface area contributed by atoms with Gasteiger partial charge in [0.2, 0.25) is 0 Å². The molecule has 4 aliphatic rings. The number of pyridine rings is 1. The van der Waals surface area contributed by atoms with E-state index in [0.29, 0.717) is 49.5 Å². The van der Waals surface area contributed by atoms with E-state index < -0.39 is 17.7 Å². The summed E-state index contributed by atoms with van der Waals surface area (Å²) >= 11 is 0. The second-order valence-corrected chi connectivity index (χ2v) is 12.6. The Hall–Kier alpha value is -3.90. The summed E-state index contributed by atoms with van der Waals surface area (Å²) in [4.78, 5) is 31.2. The van der Waals surface area contributed by atoms with Crippen LogP contribution in [0.1, 0.15) is 62.1 Å². The molecule has 3 atom stereocenters. The van der Waals surface area contributed by atoms with Crippen molar-refractivity contribution in [3.05, 3.63) is 99.0 Å². The first kappa shape index (κ1) is 30.1. The number of allylic oxidation sites excluding steroid dienone is 3. The van der Waals surface area contributed by atoms with E-state index in [9.17, 15) is 18.4 Å². The number of aromatic nitrogens is 1. The monoisotopic (exact) mass is 602 g/mol. The van der Waals surface area contributed by atoms with E-state index in [2.05, 4.69) is 16.8 Å². The average molecular weight is 603 g/mol. The van der Waals surface area contributed by atoms with E-state index in [4.69, 9.17) is 4.74 Å². The van der Waals surface area contributed by atoms with E-state index in [1.54, 1.807) is 29.9 Å². The van der Waals surface area contributed by atoms with Gasteiger partial charge in [0.15, 0.2) is 0 Å². The van der Waals surface area contributed by atoms with Crippen LogP contribution in [0.2, 0.25) is 0 Å². The Morgan fingerprint density at radius 3 is 2.59 bits per heavy atom. The quantitative estimate of drug-likeness (QED) is 0.425. The predicted molar refractivity (Wildman–Crippen MR) is 165 cm³/mol. The minimum Gasteiger partial charge on any atom is -0.495 e. The SMILES string of the molecule is CN[C@@H]1CCN(C(=O)N2CC[C@@H](Cn3ccc(C4=C=C=CC=C4OC)cc3=O)C3(CCCC3)C2)[C@H](c2cc(F)cc(F)c2)C1. The van der Waals surface area contributed by atoms with Crippen LogP contribution in [0.25, 0.3) is 5.57 Å². The highest BCUT2D eigenvalue weighted by molar-refractivity contribution is 5.77. The Balaban J connectivity index is 1.21. The number of amides is 2. The molecule has 1 aromatic heterocycles. The van der Waals surface area contributed by atoms with Crippen molar-refractivity contribution in [2.45, 2.75) is 63.6 Å². The zero-order chi connectivity index (χ0) is 30.8. The van der Waals surface area contributed by atoms with E-state index in [1.807, 2.05) is 29.1 Å². The zero-order valence-electron chi connectivity index (χ0n) is 25.5. The lowest BCUT2D eigenvalue weighted by Gasteiger charge is -2.49. The Kier molecular flexibility index (Phi) is 8.64. The van der Waals surface area contributed by atoms with Crippen molar-refractivity contribution >= 4 is 11.6 Å². The minimum atomic E-state index is -0.632. The molecule has 2 aliphatic heterocycles. The number of nitrogens with one attached hydrogen (secondary N) is 1. The molecule has 2 amide bonds. The van der Waals surface area contributed by atoms with Crippen LogP contribution in [0.5, 0.6) is 0 Å². The Bertz CT molecular complexity index is 1590. The lowest BCUT2D eigenvalue weighted by atomic mass is 9.69. The molecule has 2 saturated heterocycles. The third-order valence-electron chi connectivity index (χ3n) is 10.2. The molecule has 232 valence electrons. The van der Waals surface area contributed by atoms with Gasteiger partial charge in [0.25, 0.3) is 5.56 Å². The van der Waals surface area contributed by atoms with Gasteiger partial charge in [-0.2, -0.15) is 0 Å². The molecule has 3 fully saturated rings. The molecule has 6 rings (SSSR count). The van der Waals surface area contributed by atoms with Crippen LogP contribution in [-0.4, -0.2) is 60.2 Å². The van der Waals surface area contributed by atoms with Crippen molar-refractivity contribution in [2.24, 2.45) is 11.3 Å². The highest BCUT2D eigenvalue weighted by atomic mass is 19.1. The number of ether oxygens (including phenoxy) is 1. The first-order valence-electron chi connectivity index (χ1n) is 15.7. The summed E-state index contributed by atoms with van der Waals surface area (Å²) in [7, 11) is 3.48. The fraction of sp³-hybridized carbons (Fsp3) is 0.486. The number of halogens is 2. The molecular formula is C35H40F2N4O3. The smallest absolute Gasteiger partial charge is 0.320 e. The third kappa shape index (κ3) is 5.92. The van der Waals surface area contributed by atoms with E-state index in [-0.39, 0.29) is 29.0 Å². The van der Waals surface area contributed by atoms with Crippen LogP contribution >= 0.6 is 0 Å². The largest absolute Gasteiger partial charge is 0.495 e. The average Bonchev–Trinajstić information content (AvgIpc) is 3.50. The summed E-state index contributed by atoms with van der Waals surface area (Å²) < 4.78 is 35.7. The Morgan fingerprint density at radius 2 is 1.89 bits per heavy atom. The number of hydrogen-bond acceptors (Lipinski definition) is 4. The van der Waals surface area contributed by atoms with Gasteiger partial charge in [0.1, 0.15) is 17.4 Å². The summed E-state index contributed by atoms with van der Waals surface area (Å²) in [5.41, 5.74) is 7.79. The van der Waals surface area contributed by atoms with Crippen molar-refractivity contribution in [1.29, 1.82) is 0 Å². The maximum absolute atomic E-state index is 14.2. The van der Waals surface area contributed by atoms with Crippen molar-refractivity contribution in [2.75, 3.05) is 33.8 Å². The number of urea groups is 1. The number of hydrogen-bond donors (Lipinski definition) is 1. The normalized spacial score (nSPS) is 24.4. The van der Waals surface area contributed by atoms with Gasteiger partial charge in [-0.1, -0.05) is 24.3 Å². The van der Waals surface area contributed by atoms with Gasteiger partial charge in [-0.3, -0.25) is 4.79 Å². The first-order chi connectivity index (χ1) is 21.3. The molecule has 3 heterocycles. The summed E-state index contributed by atoms with van der Waals surface area (Å²) in [5, 5.41) is 3.29. The van der Waals surface area contributed by atoms with Gasteiger partial charge < -0.3 is 24.4 Å². The van der Waals surface area contributed by atoms with Crippen LogP contribution in [-0.2, 0) is 11.3 Å². The maximum atomic E-state index is 14.2. The van der Waals surface area contributed by atoms with Crippen LogP contribution < -0.4 is 10.9 Å². The minimum absolute atomic E-state index is 0.0645. The molecule has 0 radical (unpaired) electrons. The molecule has 9 heteroatoms. The van der Waals surface area contributed by atoms with E-state index in [1.165, 1.54) is 12.1 Å². The van der Waals surface area contributed by atoms with Crippen LogP contribution in [0.15, 0.2) is 70.7 Å². The van der Waals surface area contributed by atoms with Gasteiger partial charge in [0.05, 0.1) is 18.7 Å². The molecule has 2 aromatic rings. The van der Waals surface area contributed by atoms with Gasteiger partial charge in [0, 0.05) is 56.1 Å². The molecule has 0 unspecified atom stereocenters. The summed E-state index contributed by atoms with van der Waals surface area (Å²) in [6.45, 7) is 2.33.